The van der Waals surface area contributed by atoms with E-state index >= 15 is 0 Å². The van der Waals surface area contributed by atoms with E-state index in [9.17, 15) is 9.59 Å². The zero-order valence-corrected chi connectivity index (χ0v) is 15.3. The largest absolute Gasteiger partial charge is 0.369 e. The van der Waals surface area contributed by atoms with Gasteiger partial charge in [0, 0.05) is 31.7 Å². The number of nitrogens with two attached hydrogens (primary N) is 1. The van der Waals surface area contributed by atoms with Crippen LogP contribution in [-0.2, 0) is 9.59 Å². The van der Waals surface area contributed by atoms with E-state index in [1.807, 2.05) is 17.9 Å². The lowest BCUT2D eigenvalue weighted by Gasteiger charge is -2.29. The summed E-state index contributed by atoms with van der Waals surface area (Å²) in [6, 6.07) is 11.1. The molecule has 0 aliphatic carbocycles. The number of rotatable bonds is 8. The van der Waals surface area contributed by atoms with E-state index < -0.39 is 0 Å². The van der Waals surface area contributed by atoms with Crippen molar-refractivity contribution in [2.45, 2.75) is 32.4 Å². The predicted octanol–water partition coefficient (Wildman–Crippen LogP) is 1.89. The molecule has 2 amide bonds. The van der Waals surface area contributed by atoms with Crippen LogP contribution in [0.25, 0.3) is 0 Å². The second-order valence-corrected chi connectivity index (χ2v) is 7.15. The van der Waals surface area contributed by atoms with Crippen molar-refractivity contribution in [1.82, 2.24) is 9.80 Å². The first-order chi connectivity index (χ1) is 11.5. The Hall–Kier alpha value is -1.53. The first kappa shape index (κ1) is 18.8. The summed E-state index contributed by atoms with van der Waals surface area (Å²) in [4.78, 5) is 27.6. The van der Waals surface area contributed by atoms with E-state index in [-0.39, 0.29) is 23.6 Å². The highest BCUT2D eigenvalue weighted by molar-refractivity contribution is 8.00. The number of likely N-dealkylation sites (N-methyl/N-ethyl adjacent to an activating group) is 1. The second-order valence-electron chi connectivity index (χ2n) is 6.16. The minimum Gasteiger partial charge on any atom is -0.369 e. The summed E-state index contributed by atoms with van der Waals surface area (Å²) in [5.74, 6) is 0.245. The number of hydrogen-bond donors (Lipinski definition) is 1. The van der Waals surface area contributed by atoms with Gasteiger partial charge in [0.05, 0.1) is 11.5 Å². The molecule has 1 aromatic rings. The van der Waals surface area contributed by atoms with Gasteiger partial charge in [0.2, 0.25) is 11.8 Å². The number of carbonyl (C=O) groups is 2. The molecule has 2 atom stereocenters. The SMILES string of the molecule is CCN(C(=O)CSCC(N)=O)[C@H]1CCN([C@H](C)c2ccccc2)C1. The molecule has 5 nitrogen and oxygen atoms in total. The first-order valence-electron chi connectivity index (χ1n) is 8.47. The maximum absolute atomic E-state index is 12.4. The Morgan fingerprint density at radius 2 is 2.04 bits per heavy atom. The Kier molecular flexibility index (Phi) is 7.12. The van der Waals surface area contributed by atoms with Crippen molar-refractivity contribution in [3.8, 4) is 0 Å². The van der Waals surface area contributed by atoms with Crippen molar-refractivity contribution in [3.05, 3.63) is 35.9 Å². The fourth-order valence-electron chi connectivity index (χ4n) is 3.28. The fourth-order valence-corrected chi connectivity index (χ4v) is 3.92. The molecular formula is C18H27N3O2S. The molecule has 1 aliphatic heterocycles. The molecule has 1 aromatic carbocycles. The number of carbonyl (C=O) groups excluding carboxylic acids is 2. The van der Waals surface area contributed by atoms with Crippen molar-refractivity contribution in [2.24, 2.45) is 5.73 Å². The molecule has 0 radical (unpaired) electrons. The minimum atomic E-state index is -0.375. The van der Waals surface area contributed by atoms with Gasteiger partial charge < -0.3 is 10.6 Å². The van der Waals surface area contributed by atoms with E-state index in [1.165, 1.54) is 17.3 Å². The van der Waals surface area contributed by atoms with Gasteiger partial charge in [-0.25, -0.2) is 0 Å². The zero-order valence-electron chi connectivity index (χ0n) is 14.5. The van der Waals surface area contributed by atoms with E-state index in [2.05, 4.69) is 36.1 Å². The molecule has 0 aromatic heterocycles. The monoisotopic (exact) mass is 349 g/mol. The van der Waals surface area contributed by atoms with Crippen LogP contribution < -0.4 is 5.73 Å². The summed E-state index contributed by atoms with van der Waals surface area (Å²) < 4.78 is 0. The summed E-state index contributed by atoms with van der Waals surface area (Å²) in [6.45, 7) is 6.84. The highest BCUT2D eigenvalue weighted by Gasteiger charge is 2.32. The number of likely N-dealkylation sites (tertiary alicyclic amines) is 1. The minimum absolute atomic E-state index is 0.1000. The molecule has 1 aliphatic rings. The summed E-state index contributed by atoms with van der Waals surface area (Å²) in [7, 11) is 0. The zero-order chi connectivity index (χ0) is 17.5. The molecular weight excluding hydrogens is 322 g/mol. The van der Waals surface area contributed by atoms with E-state index in [4.69, 9.17) is 5.73 Å². The van der Waals surface area contributed by atoms with E-state index in [1.54, 1.807) is 0 Å². The third kappa shape index (κ3) is 4.98. The number of hydrogen-bond acceptors (Lipinski definition) is 4. The summed E-state index contributed by atoms with van der Waals surface area (Å²) in [5, 5.41) is 0. The summed E-state index contributed by atoms with van der Waals surface area (Å²) >= 11 is 1.30. The van der Waals surface area contributed by atoms with Gasteiger partial charge in [-0.15, -0.1) is 11.8 Å². The van der Waals surface area contributed by atoms with Gasteiger partial charge in [0.15, 0.2) is 0 Å². The van der Waals surface area contributed by atoms with Crippen LogP contribution in [0.1, 0.15) is 31.9 Å². The second kappa shape index (κ2) is 9.08. The topological polar surface area (TPSA) is 66.6 Å². The van der Waals surface area contributed by atoms with Gasteiger partial charge >= 0.3 is 0 Å². The van der Waals surface area contributed by atoms with Gasteiger partial charge in [0.1, 0.15) is 0 Å². The van der Waals surface area contributed by atoms with Crippen molar-refractivity contribution in [3.63, 3.8) is 0 Å². The quantitative estimate of drug-likeness (QED) is 0.778. The molecule has 1 saturated heterocycles. The Balaban J connectivity index is 1.90. The average Bonchev–Trinajstić information content (AvgIpc) is 3.05. The molecule has 0 spiro atoms. The lowest BCUT2D eigenvalue weighted by atomic mass is 10.1. The smallest absolute Gasteiger partial charge is 0.232 e. The van der Waals surface area contributed by atoms with Gasteiger partial charge in [-0.05, 0) is 25.8 Å². The highest BCUT2D eigenvalue weighted by atomic mass is 32.2. The maximum Gasteiger partial charge on any atom is 0.232 e. The summed E-state index contributed by atoms with van der Waals surface area (Å²) in [6.07, 6.45) is 0.997. The molecule has 24 heavy (non-hydrogen) atoms. The number of amides is 2. The highest BCUT2D eigenvalue weighted by Crippen LogP contribution is 2.26. The first-order valence-corrected chi connectivity index (χ1v) is 9.63. The normalized spacial score (nSPS) is 19.2. The van der Waals surface area contributed by atoms with E-state index in [0.717, 1.165) is 19.5 Å². The fraction of sp³-hybridized carbons (Fsp3) is 0.556. The molecule has 1 heterocycles. The van der Waals surface area contributed by atoms with Crippen LogP contribution in [-0.4, -0.2) is 58.8 Å². The van der Waals surface area contributed by atoms with Crippen LogP contribution in [0.2, 0.25) is 0 Å². The average molecular weight is 350 g/mol. The standard InChI is InChI=1S/C18H27N3O2S/c1-3-21(18(23)13-24-12-17(19)22)16-9-10-20(11-16)14(2)15-7-5-4-6-8-15/h4-8,14,16H,3,9-13H2,1-2H3,(H2,19,22)/t14-,16+/m1/s1. The van der Waals surface area contributed by atoms with Crippen LogP contribution in [0, 0.1) is 0 Å². The molecule has 2 rings (SSSR count). The molecule has 132 valence electrons. The lowest BCUT2D eigenvalue weighted by molar-refractivity contribution is -0.130. The molecule has 2 N–H and O–H groups in total. The van der Waals surface area contributed by atoms with Gasteiger partial charge in [0.25, 0.3) is 0 Å². The Labute approximate surface area is 148 Å². The van der Waals surface area contributed by atoms with Gasteiger partial charge in [-0.3, -0.25) is 14.5 Å². The number of thioether (sulfide) groups is 1. The van der Waals surface area contributed by atoms with Crippen LogP contribution in [0.5, 0.6) is 0 Å². The Morgan fingerprint density at radius 1 is 1.33 bits per heavy atom. The van der Waals surface area contributed by atoms with Crippen molar-refractivity contribution >= 4 is 23.6 Å². The van der Waals surface area contributed by atoms with Crippen molar-refractivity contribution in [2.75, 3.05) is 31.1 Å². The van der Waals surface area contributed by atoms with Gasteiger partial charge in [-0.1, -0.05) is 30.3 Å². The summed E-state index contributed by atoms with van der Waals surface area (Å²) in [5.41, 5.74) is 6.43. The molecule has 0 bridgehead atoms. The van der Waals surface area contributed by atoms with Crippen molar-refractivity contribution in [1.29, 1.82) is 0 Å². The number of nitrogens with zero attached hydrogens (tertiary/aromatic N) is 2. The number of primary amides is 1. The van der Waals surface area contributed by atoms with Crippen LogP contribution >= 0.6 is 11.8 Å². The van der Waals surface area contributed by atoms with Crippen LogP contribution in [0.4, 0.5) is 0 Å². The lowest BCUT2D eigenvalue weighted by Crippen LogP contribution is -2.43. The molecule has 1 fully saturated rings. The Bertz CT molecular complexity index is 552. The van der Waals surface area contributed by atoms with Gasteiger partial charge in [-0.2, -0.15) is 0 Å². The third-order valence-electron chi connectivity index (χ3n) is 4.60. The Morgan fingerprint density at radius 3 is 2.67 bits per heavy atom. The third-order valence-corrected chi connectivity index (χ3v) is 5.54. The van der Waals surface area contributed by atoms with Crippen LogP contribution in [0.15, 0.2) is 30.3 Å². The van der Waals surface area contributed by atoms with Crippen LogP contribution in [0.3, 0.4) is 0 Å². The van der Waals surface area contributed by atoms with E-state index in [0.29, 0.717) is 18.3 Å². The molecule has 0 saturated carbocycles. The molecule has 0 unspecified atom stereocenters. The number of benzene rings is 1. The maximum atomic E-state index is 12.4. The predicted molar refractivity (Wildman–Crippen MR) is 98.7 cm³/mol. The molecule has 6 heteroatoms. The van der Waals surface area contributed by atoms with Crippen molar-refractivity contribution < 1.29 is 9.59 Å².